The Morgan fingerprint density at radius 3 is 1.78 bits per heavy atom. The first kappa shape index (κ1) is 22.9. The van der Waals surface area contributed by atoms with Crippen LogP contribution in [0.5, 0.6) is 0 Å². The van der Waals surface area contributed by atoms with Crippen LogP contribution in [0.4, 0.5) is 0 Å². The molecule has 0 fully saturated rings. The Hall–Kier alpha value is -0.104. The standard InChI is InChI=1S/C18H30O3S.Mg/c1-2-3-4-5-6-7-8-9-10-14-17-21-22(19,20)18-15-12-11-13-16-18;/h11-13,15-16H,2-10,14,17H2,1H3;. The van der Waals surface area contributed by atoms with Gasteiger partial charge in [-0.15, -0.1) is 0 Å². The summed E-state index contributed by atoms with van der Waals surface area (Å²) in [6.45, 7) is 2.52. The maximum Gasteiger partial charge on any atom is 0.296 e. The summed E-state index contributed by atoms with van der Waals surface area (Å²) in [5, 5.41) is 0. The molecule has 3 nitrogen and oxygen atoms in total. The molecule has 1 aromatic carbocycles. The SMILES string of the molecule is CCCCCCCCCCCCOS(=O)(=O)c1ccccc1.[Mg]. The minimum absolute atomic E-state index is 0. The Morgan fingerprint density at radius 2 is 1.26 bits per heavy atom. The minimum Gasteiger partial charge on any atom is -0.266 e. The van der Waals surface area contributed by atoms with Crippen molar-refractivity contribution in [2.75, 3.05) is 6.61 Å². The maximum atomic E-state index is 11.9. The quantitative estimate of drug-likeness (QED) is 0.288. The van der Waals surface area contributed by atoms with E-state index < -0.39 is 10.1 Å². The second kappa shape index (κ2) is 14.3. The molecule has 0 N–H and O–H groups in total. The highest BCUT2D eigenvalue weighted by atomic mass is 32.2. The predicted molar refractivity (Wildman–Crippen MR) is 97.2 cm³/mol. The lowest BCUT2D eigenvalue weighted by molar-refractivity contribution is 0.306. The third-order valence-electron chi connectivity index (χ3n) is 3.77. The van der Waals surface area contributed by atoms with Crippen LogP contribution in [0, 0.1) is 0 Å². The van der Waals surface area contributed by atoms with E-state index in [1.54, 1.807) is 30.3 Å². The molecule has 0 saturated heterocycles. The molecule has 1 aromatic rings. The van der Waals surface area contributed by atoms with Crippen molar-refractivity contribution < 1.29 is 12.6 Å². The largest absolute Gasteiger partial charge is 0.296 e. The smallest absolute Gasteiger partial charge is 0.266 e. The number of hydrogen-bond acceptors (Lipinski definition) is 3. The van der Waals surface area contributed by atoms with Crippen molar-refractivity contribution in [3.63, 3.8) is 0 Å². The summed E-state index contributed by atoms with van der Waals surface area (Å²) in [5.41, 5.74) is 0. The Morgan fingerprint density at radius 1 is 0.783 bits per heavy atom. The first-order valence-electron chi connectivity index (χ1n) is 8.61. The molecule has 0 aliphatic rings. The summed E-state index contributed by atoms with van der Waals surface area (Å²) < 4.78 is 28.8. The van der Waals surface area contributed by atoms with Crippen molar-refractivity contribution in [1.29, 1.82) is 0 Å². The second-order valence-corrected chi connectivity index (χ2v) is 7.39. The van der Waals surface area contributed by atoms with E-state index in [2.05, 4.69) is 6.92 Å². The zero-order chi connectivity index (χ0) is 16.1. The van der Waals surface area contributed by atoms with Gasteiger partial charge in [0.2, 0.25) is 0 Å². The van der Waals surface area contributed by atoms with Crippen LogP contribution in [-0.2, 0) is 14.3 Å². The number of hydrogen-bond donors (Lipinski definition) is 0. The highest BCUT2D eigenvalue weighted by Gasteiger charge is 2.13. The van der Waals surface area contributed by atoms with Gasteiger partial charge in [0.05, 0.1) is 11.5 Å². The molecule has 1 rings (SSSR count). The molecule has 0 aliphatic heterocycles. The normalized spacial score (nSPS) is 11.2. The topological polar surface area (TPSA) is 43.4 Å². The minimum atomic E-state index is -3.57. The van der Waals surface area contributed by atoms with Gasteiger partial charge >= 0.3 is 0 Å². The molecule has 128 valence electrons. The van der Waals surface area contributed by atoms with Crippen molar-refractivity contribution in [3.8, 4) is 0 Å². The highest BCUT2D eigenvalue weighted by molar-refractivity contribution is 7.86. The van der Waals surface area contributed by atoms with Crippen molar-refractivity contribution in [2.45, 2.75) is 76.0 Å². The summed E-state index contributed by atoms with van der Waals surface area (Å²) in [6.07, 6.45) is 12.3. The van der Waals surface area contributed by atoms with E-state index in [0.717, 1.165) is 12.8 Å². The van der Waals surface area contributed by atoms with Crippen LogP contribution in [0.15, 0.2) is 35.2 Å². The Labute approximate surface area is 158 Å². The number of unbranched alkanes of at least 4 members (excludes halogenated alkanes) is 9. The van der Waals surface area contributed by atoms with Crippen molar-refractivity contribution in [2.24, 2.45) is 0 Å². The third-order valence-corrected chi connectivity index (χ3v) is 5.09. The molecule has 0 spiro atoms. The molecule has 2 radical (unpaired) electrons. The van der Waals surface area contributed by atoms with Crippen LogP contribution >= 0.6 is 0 Å². The fourth-order valence-electron chi connectivity index (χ4n) is 2.41. The van der Waals surface area contributed by atoms with Crippen LogP contribution < -0.4 is 0 Å². The molecule has 0 heterocycles. The van der Waals surface area contributed by atoms with Crippen LogP contribution in [0.3, 0.4) is 0 Å². The van der Waals surface area contributed by atoms with Crippen LogP contribution in [0.2, 0.25) is 0 Å². The van der Waals surface area contributed by atoms with E-state index in [4.69, 9.17) is 4.18 Å². The average molecular weight is 351 g/mol. The molecular weight excluding hydrogens is 321 g/mol. The molecule has 23 heavy (non-hydrogen) atoms. The predicted octanol–water partition coefficient (Wildman–Crippen LogP) is 4.93. The summed E-state index contributed by atoms with van der Waals surface area (Å²) in [7, 11) is -3.57. The fraction of sp³-hybridized carbons (Fsp3) is 0.667. The summed E-state index contributed by atoms with van der Waals surface area (Å²) in [4.78, 5) is 0.238. The summed E-state index contributed by atoms with van der Waals surface area (Å²) >= 11 is 0. The number of rotatable bonds is 13. The third kappa shape index (κ3) is 11.1. The molecule has 0 amide bonds. The van der Waals surface area contributed by atoms with Gasteiger partial charge in [0.1, 0.15) is 0 Å². The van der Waals surface area contributed by atoms with E-state index in [1.165, 1.54) is 51.4 Å². The van der Waals surface area contributed by atoms with E-state index in [9.17, 15) is 8.42 Å². The van der Waals surface area contributed by atoms with E-state index in [0.29, 0.717) is 0 Å². The number of benzene rings is 1. The maximum absolute atomic E-state index is 11.9. The molecule has 5 heteroatoms. The van der Waals surface area contributed by atoms with Gasteiger partial charge in [-0.05, 0) is 18.6 Å². The molecule has 0 bridgehead atoms. The van der Waals surface area contributed by atoms with Crippen LogP contribution in [0.25, 0.3) is 0 Å². The first-order chi connectivity index (χ1) is 10.7. The molecule has 0 aliphatic carbocycles. The lowest BCUT2D eigenvalue weighted by atomic mass is 10.1. The van der Waals surface area contributed by atoms with Gasteiger partial charge in [0, 0.05) is 23.1 Å². The van der Waals surface area contributed by atoms with Crippen molar-refractivity contribution in [1.82, 2.24) is 0 Å². The van der Waals surface area contributed by atoms with Crippen LogP contribution in [0.1, 0.15) is 71.1 Å². The van der Waals surface area contributed by atoms with Gasteiger partial charge in [-0.2, -0.15) is 8.42 Å². The van der Waals surface area contributed by atoms with Gasteiger partial charge in [-0.1, -0.05) is 82.9 Å². The average Bonchev–Trinajstić information content (AvgIpc) is 2.53. The fourth-order valence-corrected chi connectivity index (χ4v) is 3.38. The molecule has 0 aromatic heterocycles. The van der Waals surface area contributed by atoms with Gasteiger partial charge in [-0.25, -0.2) is 0 Å². The zero-order valence-electron chi connectivity index (χ0n) is 14.5. The Kier molecular flexibility index (Phi) is 14.2. The molecule has 0 atom stereocenters. The first-order valence-corrected chi connectivity index (χ1v) is 10.0. The van der Waals surface area contributed by atoms with Crippen molar-refractivity contribution in [3.05, 3.63) is 30.3 Å². The summed E-state index contributed by atoms with van der Waals surface area (Å²) in [6, 6.07) is 8.33. The highest BCUT2D eigenvalue weighted by Crippen LogP contribution is 2.13. The second-order valence-electron chi connectivity index (χ2n) is 5.77. The zero-order valence-corrected chi connectivity index (χ0v) is 16.7. The lowest BCUT2D eigenvalue weighted by Gasteiger charge is -2.05. The molecule has 0 unspecified atom stereocenters. The Bertz CT molecular complexity index is 474. The monoisotopic (exact) mass is 350 g/mol. The Balaban J connectivity index is 0.00000484. The van der Waals surface area contributed by atoms with Gasteiger partial charge in [0.25, 0.3) is 10.1 Å². The van der Waals surface area contributed by atoms with E-state index in [-0.39, 0.29) is 34.6 Å². The van der Waals surface area contributed by atoms with E-state index in [1.807, 2.05) is 0 Å². The summed E-state index contributed by atoms with van der Waals surface area (Å²) in [5.74, 6) is 0. The van der Waals surface area contributed by atoms with Crippen LogP contribution in [-0.4, -0.2) is 38.1 Å². The van der Waals surface area contributed by atoms with E-state index >= 15 is 0 Å². The van der Waals surface area contributed by atoms with Crippen molar-refractivity contribution >= 4 is 33.2 Å². The van der Waals surface area contributed by atoms with Gasteiger partial charge < -0.3 is 0 Å². The van der Waals surface area contributed by atoms with Gasteiger partial charge in [0.15, 0.2) is 0 Å². The van der Waals surface area contributed by atoms with Gasteiger partial charge in [-0.3, -0.25) is 4.18 Å². The molecule has 0 saturated carbocycles. The lowest BCUT2D eigenvalue weighted by Crippen LogP contribution is -2.07. The molecular formula is C18H30MgO3S.